The van der Waals surface area contributed by atoms with E-state index in [2.05, 4.69) is 42.0 Å². The van der Waals surface area contributed by atoms with Crippen LogP contribution in [-0.2, 0) is 0 Å². The minimum atomic E-state index is 0.734. The third-order valence-corrected chi connectivity index (χ3v) is 7.78. The molecule has 0 fully saturated rings. The molecule has 4 aromatic carbocycles. The fourth-order valence-electron chi connectivity index (χ4n) is 5.22. The molecule has 0 aliphatic carbocycles. The Labute approximate surface area is 269 Å². The van der Waals surface area contributed by atoms with Crippen LogP contribution in [0.2, 0.25) is 0 Å². The van der Waals surface area contributed by atoms with Crippen molar-refractivity contribution in [2.75, 3.05) is 0 Å². The zero-order valence-corrected chi connectivity index (χ0v) is 26.5. The normalized spacial score (nSPS) is 10.3. The predicted molar refractivity (Wildman–Crippen MR) is 188 cm³/mol. The number of aromatic nitrogens is 4. The quantitative estimate of drug-likeness (QED) is 0.128. The van der Waals surface area contributed by atoms with Crippen molar-refractivity contribution in [3.05, 3.63) is 179 Å². The fourth-order valence-corrected chi connectivity index (χ4v) is 5.22. The second-order valence-electron chi connectivity index (χ2n) is 11.0. The van der Waals surface area contributed by atoms with Gasteiger partial charge in [0, 0.05) is 47.4 Å². The summed E-state index contributed by atoms with van der Waals surface area (Å²) in [4.78, 5) is 8.48. The highest BCUT2D eigenvalue weighted by molar-refractivity contribution is 5.82. The summed E-state index contributed by atoms with van der Waals surface area (Å²) in [6, 6.07) is 39.3. The number of fused-ring (bicyclic) bond motifs is 4. The summed E-state index contributed by atoms with van der Waals surface area (Å²) < 4.78 is 1.78. The molecule has 0 unspecified atom stereocenters. The van der Waals surface area contributed by atoms with Crippen molar-refractivity contribution in [2.24, 2.45) is 0 Å². The Morgan fingerprint density at radius 1 is 0.391 bits per heavy atom. The maximum atomic E-state index is 11.2. The summed E-state index contributed by atoms with van der Waals surface area (Å²) in [7, 11) is 0. The Morgan fingerprint density at radius 3 is 1.54 bits per heavy atom. The maximum absolute atomic E-state index is 11.2. The molecule has 0 saturated heterocycles. The van der Waals surface area contributed by atoms with Gasteiger partial charge in [0.25, 0.3) is 0 Å². The number of hydrogen-bond acceptors (Lipinski definition) is 4. The molecule has 0 radical (unpaired) electrons. The first-order valence-corrected chi connectivity index (χ1v) is 15.1. The monoisotopic (exact) mass is 604 g/mol. The van der Waals surface area contributed by atoms with Crippen LogP contribution in [0.15, 0.2) is 146 Å². The highest BCUT2D eigenvalue weighted by Crippen LogP contribution is 2.16. The van der Waals surface area contributed by atoms with E-state index in [0.717, 1.165) is 53.4 Å². The molecule has 0 saturated carbocycles. The molecule has 0 aliphatic rings. The van der Waals surface area contributed by atoms with Crippen LogP contribution >= 0.6 is 0 Å². The van der Waals surface area contributed by atoms with Gasteiger partial charge in [0.2, 0.25) is 11.0 Å². The second kappa shape index (κ2) is 14.7. The molecule has 4 heterocycles. The lowest BCUT2D eigenvalue weighted by molar-refractivity contribution is -0.577. The molecule has 0 N–H and O–H groups in total. The predicted octanol–water partition coefficient (Wildman–Crippen LogP) is 8.65. The van der Waals surface area contributed by atoms with Crippen LogP contribution in [0, 0.1) is 38.1 Å². The largest absolute Gasteiger partial charge is 0.618 e. The summed E-state index contributed by atoms with van der Waals surface area (Å²) in [5, 5.41) is 27.0. The van der Waals surface area contributed by atoms with Crippen LogP contribution in [0.3, 0.4) is 0 Å². The molecule has 228 valence electrons. The molecule has 4 aromatic heterocycles. The molecule has 0 bridgehead atoms. The minimum absolute atomic E-state index is 0.734. The van der Waals surface area contributed by atoms with E-state index < -0.39 is 0 Å². The summed E-state index contributed by atoms with van der Waals surface area (Å²) in [5.74, 6) is 0. The van der Waals surface area contributed by atoms with Gasteiger partial charge in [-0.25, -0.2) is 0 Å². The number of benzene rings is 4. The first kappa shape index (κ1) is 31.5. The van der Waals surface area contributed by atoms with E-state index in [4.69, 9.17) is 0 Å². The van der Waals surface area contributed by atoms with Crippen LogP contribution in [0.5, 0.6) is 0 Å². The number of pyridine rings is 4. The average Bonchev–Trinajstić information content (AvgIpc) is 3.09. The molecule has 8 aromatic rings. The fraction of sp³-hybridized carbons (Fsp3) is 0.100. The van der Waals surface area contributed by atoms with Crippen molar-refractivity contribution in [3.8, 4) is 0 Å². The van der Waals surface area contributed by atoms with E-state index in [0.29, 0.717) is 0 Å². The molecule has 0 amide bonds. The Kier molecular flexibility index (Phi) is 10.1. The topological polar surface area (TPSA) is 79.7 Å². The smallest absolute Gasteiger partial charge is 0.223 e. The van der Waals surface area contributed by atoms with Gasteiger partial charge < -0.3 is 10.4 Å². The van der Waals surface area contributed by atoms with Crippen molar-refractivity contribution >= 4 is 43.6 Å². The van der Waals surface area contributed by atoms with Gasteiger partial charge in [0.15, 0.2) is 12.4 Å². The van der Waals surface area contributed by atoms with E-state index in [1.165, 1.54) is 34.3 Å². The van der Waals surface area contributed by atoms with E-state index in [1.807, 2.05) is 123 Å². The lowest BCUT2D eigenvalue weighted by Gasteiger charge is -2.02. The maximum Gasteiger partial charge on any atom is 0.223 e. The number of nitrogens with zero attached hydrogens (tertiary/aromatic N) is 4. The summed E-state index contributed by atoms with van der Waals surface area (Å²) in [5.41, 5.74) is 8.47. The van der Waals surface area contributed by atoms with Crippen LogP contribution in [-0.4, -0.2) is 9.97 Å². The van der Waals surface area contributed by atoms with Crippen LogP contribution in [0.4, 0.5) is 0 Å². The molecule has 46 heavy (non-hydrogen) atoms. The molecule has 6 heteroatoms. The van der Waals surface area contributed by atoms with Crippen LogP contribution in [0.1, 0.15) is 22.3 Å². The first-order valence-electron chi connectivity index (χ1n) is 15.1. The number of hydrogen-bond donors (Lipinski definition) is 0. The highest BCUT2D eigenvalue weighted by Gasteiger charge is 2.04. The lowest BCUT2D eigenvalue weighted by Crippen LogP contribution is -2.26. The van der Waals surface area contributed by atoms with Crippen molar-refractivity contribution in [1.82, 2.24) is 9.97 Å². The van der Waals surface area contributed by atoms with Crippen LogP contribution < -0.4 is 9.46 Å². The third kappa shape index (κ3) is 7.42. The molecule has 6 nitrogen and oxygen atoms in total. The van der Waals surface area contributed by atoms with Gasteiger partial charge in [-0.3, -0.25) is 9.97 Å². The van der Waals surface area contributed by atoms with Crippen LogP contribution in [0.25, 0.3) is 43.6 Å². The zero-order chi connectivity index (χ0) is 32.5. The molecule has 0 atom stereocenters. The van der Waals surface area contributed by atoms with Gasteiger partial charge in [0.1, 0.15) is 0 Å². The average molecular weight is 605 g/mol. The number of aryl methyl sites for hydroxylation is 4. The number of rotatable bonds is 0. The highest BCUT2D eigenvalue weighted by atomic mass is 16.5. The van der Waals surface area contributed by atoms with Crippen molar-refractivity contribution in [2.45, 2.75) is 27.7 Å². The number of para-hydroxylation sites is 2. The van der Waals surface area contributed by atoms with Gasteiger partial charge in [-0.2, -0.15) is 9.46 Å². The van der Waals surface area contributed by atoms with E-state index in [9.17, 15) is 10.4 Å². The van der Waals surface area contributed by atoms with Gasteiger partial charge in [0.05, 0.1) is 21.8 Å². The van der Waals surface area contributed by atoms with Gasteiger partial charge >= 0.3 is 0 Å². The summed E-state index contributed by atoms with van der Waals surface area (Å²) >= 11 is 0. The molecule has 8 rings (SSSR count). The van der Waals surface area contributed by atoms with E-state index in [1.54, 1.807) is 6.07 Å². The van der Waals surface area contributed by atoms with Crippen molar-refractivity contribution < 1.29 is 9.46 Å². The van der Waals surface area contributed by atoms with E-state index in [-0.39, 0.29) is 0 Å². The third-order valence-electron chi connectivity index (χ3n) is 7.78. The lowest BCUT2D eigenvalue weighted by atomic mass is 10.1. The first-order chi connectivity index (χ1) is 22.3. The Balaban J connectivity index is 0.000000121. The van der Waals surface area contributed by atoms with Gasteiger partial charge in [-0.1, -0.05) is 60.7 Å². The Bertz CT molecular complexity index is 2040. The Hall–Kier alpha value is -5.88. The summed E-state index contributed by atoms with van der Waals surface area (Å²) in [6.45, 7) is 8.21. The molecular weight excluding hydrogens is 568 g/mol. The molecule has 0 spiro atoms. The SMILES string of the molecule is Cc1cc[n+]([O-])c2ccccc12.Cc1cccc2c1ccc[n+]2[O-].Cc1cccc2ncccc12.Cc1ccnc2ccccc12. The second-order valence-corrected chi connectivity index (χ2v) is 11.0. The van der Waals surface area contributed by atoms with Gasteiger partial charge in [-0.05, 0) is 86.3 Å². The van der Waals surface area contributed by atoms with Crippen molar-refractivity contribution in [1.29, 1.82) is 0 Å². The Morgan fingerprint density at radius 2 is 0.848 bits per heavy atom. The standard InChI is InChI=1S/2C10H9NO.2C10H9N/c1-8-4-2-6-10-9(8)5-3-7-11(10)12;1-8-6-7-11(12)10-5-3-2-4-9(8)10;1-8-4-2-6-10-9(8)5-3-7-11-10;1-8-6-7-11-10-5-3-2-4-9(8)10/h2*2-7H,1H3;2*2-7H,1H3. The molecular formula is C40H36N4O2. The molecule has 0 aliphatic heterocycles. The van der Waals surface area contributed by atoms with Gasteiger partial charge in [-0.15, -0.1) is 0 Å². The summed E-state index contributed by atoms with van der Waals surface area (Å²) in [6.07, 6.45) is 6.72. The minimum Gasteiger partial charge on any atom is -0.618 e. The van der Waals surface area contributed by atoms with E-state index >= 15 is 0 Å². The zero-order valence-electron chi connectivity index (χ0n) is 26.5. The van der Waals surface area contributed by atoms with Crippen molar-refractivity contribution in [3.63, 3.8) is 0 Å².